The molecule has 2 aromatic rings. The molecule has 0 aliphatic heterocycles. The SMILES string of the molecule is CCNC(Cc1nc(N(CC)CC)no1)c1ccccc1. The Hall–Kier alpha value is -1.88. The minimum atomic E-state index is 0.196. The molecule has 0 radical (unpaired) electrons. The van der Waals surface area contributed by atoms with Gasteiger partial charge in [-0.15, -0.1) is 0 Å². The highest BCUT2D eigenvalue weighted by atomic mass is 16.5. The lowest BCUT2D eigenvalue weighted by atomic mass is 10.0. The molecular weight excluding hydrogens is 264 g/mol. The molecule has 5 heteroatoms. The van der Waals surface area contributed by atoms with E-state index < -0.39 is 0 Å². The summed E-state index contributed by atoms with van der Waals surface area (Å²) < 4.78 is 5.40. The van der Waals surface area contributed by atoms with E-state index >= 15 is 0 Å². The molecule has 1 aromatic carbocycles. The number of aromatic nitrogens is 2. The number of nitrogens with one attached hydrogen (secondary N) is 1. The number of hydrogen-bond donors (Lipinski definition) is 1. The number of hydrogen-bond acceptors (Lipinski definition) is 5. The fourth-order valence-electron chi connectivity index (χ4n) is 2.38. The molecule has 0 fully saturated rings. The van der Waals surface area contributed by atoms with Crippen molar-refractivity contribution in [2.24, 2.45) is 0 Å². The van der Waals surface area contributed by atoms with Gasteiger partial charge in [0, 0.05) is 25.6 Å². The first kappa shape index (κ1) is 15.5. The van der Waals surface area contributed by atoms with E-state index in [2.05, 4.69) is 65.4 Å². The molecule has 0 bridgehead atoms. The van der Waals surface area contributed by atoms with Crippen molar-refractivity contribution in [3.63, 3.8) is 0 Å². The molecule has 1 atom stereocenters. The largest absolute Gasteiger partial charge is 0.339 e. The Morgan fingerprint density at radius 2 is 1.86 bits per heavy atom. The van der Waals surface area contributed by atoms with E-state index in [1.165, 1.54) is 5.56 Å². The maximum atomic E-state index is 5.40. The summed E-state index contributed by atoms with van der Waals surface area (Å²) in [5.74, 6) is 1.35. The summed E-state index contributed by atoms with van der Waals surface area (Å²) >= 11 is 0. The highest BCUT2D eigenvalue weighted by Crippen LogP contribution is 2.19. The van der Waals surface area contributed by atoms with Crippen LogP contribution in [0.4, 0.5) is 5.95 Å². The minimum absolute atomic E-state index is 0.196. The smallest absolute Gasteiger partial charge is 0.266 e. The van der Waals surface area contributed by atoms with Gasteiger partial charge in [-0.3, -0.25) is 0 Å². The first-order chi connectivity index (χ1) is 10.3. The molecule has 5 nitrogen and oxygen atoms in total. The molecule has 0 saturated heterocycles. The van der Waals surface area contributed by atoms with E-state index in [9.17, 15) is 0 Å². The van der Waals surface area contributed by atoms with Gasteiger partial charge in [-0.2, -0.15) is 4.98 Å². The van der Waals surface area contributed by atoms with Gasteiger partial charge in [0.25, 0.3) is 5.95 Å². The first-order valence-corrected chi connectivity index (χ1v) is 7.64. The number of rotatable bonds is 8. The monoisotopic (exact) mass is 288 g/mol. The molecular formula is C16H24N4O. The lowest BCUT2D eigenvalue weighted by Crippen LogP contribution is -2.24. The van der Waals surface area contributed by atoms with Gasteiger partial charge in [-0.25, -0.2) is 0 Å². The fourth-order valence-corrected chi connectivity index (χ4v) is 2.38. The van der Waals surface area contributed by atoms with Gasteiger partial charge < -0.3 is 14.7 Å². The molecule has 0 saturated carbocycles. The Labute approximate surface area is 126 Å². The third kappa shape index (κ3) is 4.04. The highest BCUT2D eigenvalue weighted by molar-refractivity contribution is 5.27. The molecule has 0 amide bonds. The summed E-state index contributed by atoms with van der Waals surface area (Å²) in [7, 11) is 0. The van der Waals surface area contributed by atoms with Crippen LogP contribution in [0.15, 0.2) is 34.9 Å². The molecule has 114 valence electrons. The predicted molar refractivity (Wildman–Crippen MR) is 84.4 cm³/mol. The lowest BCUT2D eigenvalue weighted by Gasteiger charge is -2.16. The standard InChI is InChI=1S/C16H24N4O/c1-4-17-14(13-10-8-7-9-11-13)12-15-18-16(19-21-15)20(5-2)6-3/h7-11,14,17H,4-6,12H2,1-3H3. The molecule has 0 aliphatic carbocycles. The van der Waals surface area contributed by atoms with Crippen molar-refractivity contribution in [3.8, 4) is 0 Å². The molecule has 2 rings (SSSR count). The van der Waals surface area contributed by atoms with Crippen molar-refractivity contribution >= 4 is 5.95 Å². The van der Waals surface area contributed by atoms with E-state index in [0.717, 1.165) is 19.6 Å². The Bertz CT molecular complexity index is 522. The number of likely N-dealkylation sites (N-methyl/N-ethyl adjacent to an activating group) is 1. The van der Waals surface area contributed by atoms with Crippen LogP contribution < -0.4 is 10.2 Å². The average molecular weight is 288 g/mol. The normalized spacial score (nSPS) is 12.3. The van der Waals surface area contributed by atoms with Crippen LogP contribution >= 0.6 is 0 Å². The summed E-state index contributed by atoms with van der Waals surface area (Å²) in [6, 6.07) is 10.6. The van der Waals surface area contributed by atoms with Crippen molar-refractivity contribution in [2.45, 2.75) is 33.2 Å². The second-order valence-corrected chi connectivity index (χ2v) is 4.89. The van der Waals surface area contributed by atoms with Gasteiger partial charge in [-0.1, -0.05) is 37.3 Å². The molecule has 1 aromatic heterocycles. The van der Waals surface area contributed by atoms with E-state index in [1.54, 1.807) is 0 Å². The second kappa shape index (κ2) is 7.78. The summed E-state index contributed by atoms with van der Waals surface area (Å²) in [6.07, 6.45) is 0.701. The van der Waals surface area contributed by atoms with Gasteiger partial charge in [0.2, 0.25) is 5.89 Å². The zero-order valence-electron chi connectivity index (χ0n) is 13.0. The number of benzene rings is 1. The van der Waals surface area contributed by atoms with Gasteiger partial charge in [0.15, 0.2) is 0 Å². The van der Waals surface area contributed by atoms with Crippen LogP contribution in [-0.4, -0.2) is 29.8 Å². The molecule has 1 heterocycles. The zero-order chi connectivity index (χ0) is 15.1. The number of nitrogens with zero attached hydrogens (tertiary/aromatic N) is 3. The van der Waals surface area contributed by atoms with Gasteiger partial charge in [-0.05, 0) is 31.1 Å². The highest BCUT2D eigenvalue weighted by Gasteiger charge is 2.17. The van der Waals surface area contributed by atoms with Crippen molar-refractivity contribution < 1.29 is 4.52 Å². The molecule has 0 aliphatic rings. The second-order valence-electron chi connectivity index (χ2n) is 4.89. The van der Waals surface area contributed by atoms with Gasteiger partial charge >= 0.3 is 0 Å². The van der Waals surface area contributed by atoms with E-state index in [0.29, 0.717) is 18.3 Å². The maximum absolute atomic E-state index is 5.40. The van der Waals surface area contributed by atoms with Gasteiger partial charge in [0.1, 0.15) is 0 Å². The topological polar surface area (TPSA) is 54.2 Å². The quantitative estimate of drug-likeness (QED) is 0.809. The third-order valence-electron chi connectivity index (χ3n) is 3.53. The van der Waals surface area contributed by atoms with Gasteiger partial charge in [0.05, 0.1) is 0 Å². The third-order valence-corrected chi connectivity index (χ3v) is 3.53. The van der Waals surface area contributed by atoms with Crippen molar-refractivity contribution in [1.82, 2.24) is 15.5 Å². The molecule has 0 spiro atoms. The van der Waals surface area contributed by atoms with Crippen LogP contribution in [0.5, 0.6) is 0 Å². The maximum Gasteiger partial charge on any atom is 0.266 e. The fraction of sp³-hybridized carbons (Fsp3) is 0.500. The van der Waals surface area contributed by atoms with Crippen LogP contribution in [-0.2, 0) is 6.42 Å². The Morgan fingerprint density at radius 3 is 2.48 bits per heavy atom. The van der Waals surface area contributed by atoms with Crippen LogP contribution in [0.25, 0.3) is 0 Å². The molecule has 21 heavy (non-hydrogen) atoms. The Morgan fingerprint density at radius 1 is 1.14 bits per heavy atom. The summed E-state index contributed by atoms with van der Waals surface area (Å²) in [5.41, 5.74) is 1.24. The average Bonchev–Trinajstić information content (AvgIpc) is 2.97. The van der Waals surface area contributed by atoms with Crippen LogP contribution in [0.1, 0.15) is 38.3 Å². The summed E-state index contributed by atoms with van der Waals surface area (Å²) in [6.45, 7) is 8.94. The molecule has 1 unspecified atom stereocenters. The van der Waals surface area contributed by atoms with Crippen molar-refractivity contribution in [2.75, 3.05) is 24.5 Å². The van der Waals surface area contributed by atoms with Crippen molar-refractivity contribution in [1.29, 1.82) is 0 Å². The van der Waals surface area contributed by atoms with Crippen LogP contribution in [0, 0.1) is 0 Å². The van der Waals surface area contributed by atoms with E-state index in [1.807, 2.05) is 6.07 Å². The van der Waals surface area contributed by atoms with E-state index in [-0.39, 0.29) is 6.04 Å². The lowest BCUT2D eigenvalue weighted by molar-refractivity contribution is 0.359. The minimum Gasteiger partial charge on any atom is -0.339 e. The Kier molecular flexibility index (Phi) is 5.75. The number of anilines is 1. The predicted octanol–water partition coefficient (Wildman–Crippen LogP) is 2.81. The first-order valence-electron chi connectivity index (χ1n) is 7.64. The Balaban J connectivity index is 2.11. The van der Waals surface area contributed by atoms with E-state index in [4.69, 9.17) is 4.52 Å². The van der Waals surface area contributed by atoms with Crippen molar-refractivity contribution in [3.05, 3.63) is 41.8 Å². The zero-order valence-corrected chi connectivity index (χ0v) is 13.0. The summed E-state index contributed by atoms with van der Waals surface area (Å²) in [5, 5.41) is 7.55. The van der Waals surface area contributed by atoms with Crippen LogP contribution in [0.2, 0.25) is 0 Å². The van der Waals surface area contributed by atoms with Crippen LogP contribution in [0.3, 0.4) is 0 Å². The molecule has 1 N–H and O–H groups in total. The summed E-state index contributed by atoms with van der Waals surface area (Å²) in [4.78, 5) is 6.59.